The van der Waals surface area contributed by atoms with Crippen LogP contribution >= 0.6 is 11.3 Å². The minimum absolute atomic E-state index is 0.130. The second-order valence-electron chi connectivity index (χ2n) is 4.25. The molecule has 0 radical (unpaired) electrons. The fourth-order valence-corrected chi connectivity index (χ4v) is 2.20. The van der Waals surface area contributed by atoms with Gasteiger partial charge in [-0.2, -0.15) is 0 Å². The van der Waals surface area contributed by atoms with Crippen molar-refractivity contribution in [3.63, 3.8) is 0 Å². The van der Waals surface area contributed by atoms with Gasteiger partial charge in [-0.15, -0.1) is 11.3 Å². The van der Waals surface area contributed by atoms with Crippen molar-refractivity contribution in [3.8, 4) is 0 Å². The van der Waals surface area contributed by atoms with Crippen LogP contribution in [0, 0.1) is 5.92 Å². The Labute approximate surface area is 107 Å². The Balaban J connectivity index is 2.05. The van der Waals surface area contributed by atoms with Crippen LogP contribution in [0.1, 0.15) is 31.2 Å². The summed E-state index contributed by atoms with van der Waals surface area (Å²) in [6, 6.07) is 0. The van der Waals surface area contributed by atoms with Crippen molar-refractivity contribution >= 4 is 17.2 Å². The third-order valence-corrected chi connectivity index (χ3v) is 3.51. The molecule has 17 heavy (non-hydrogen) atoms. The summed E-state index contributed by atoms with van der Waals surface area (Å²) in [5.74, 6) is 0.662. The first-order chi connectivity index (χ1) is 8.22. The summed E-state index contributed by atoms with van der Waals surface area (Å²) in [4.78, 5) is 15.7. The molecular weight excluding hydrogens is 234 g/mol. The first-order valence-electron chi connectivity index (χ1n) is 6.07. The maximum atomic E-state index is 11.5. The summed E-state index contributed by atoms with van der Waals surface area (Å²) in [5.41, 5.74) is 5.46. The van der Waals surface area contributed by atoms with Gasteiger partial charge in [-0.05, 0) is 25.3 Å². The molecule has 0 bridgehead atoms. The Morgan fingerprint density at radius 1 is 1.59 bits per heavy atom. The van der Waals surface area contributed by atoms with E-state index in [1.165, 1.54) is 0 Å². The average molecular weight is 255 g/mol. The highest BCUT2D eigenvalue weighted by molar-refractivity contribution is 7.09. The van der Waals surface area contributed by atoms with Crippen molar-refractivity contribution < 1.29 is 4.79 Å². The zero-order valence-electron chi connectivity index (χ0n) is 10.3. The predicted octanol–water partition coefficient (Wildman–Crippen LogP) is 1.57. The first-order valence-corrected chi connectivity index (χ1v) is 6.95. The Bertz CT molecular complexity index is 314. The Morgan fingerprint density at radius 3 is 3.06 bits per heavy atom. The summed E-state index contributed by atoms with van der Waals surface area (Å²) < 4.78 is 0. The van der Waals surface area contributed by atoms with Gasteiger partial charge in [0.2, 0.25) is 5.91 Å². The first kappa shape index (κ1) is 14.1. The second-order valence-corrected chi connectivity index (χ2v) is 5.23. The second kappa shape index (κ2) is 8.20. The van der Waals surface area contributed by atoms with Gasteiger partial charge in [0, 0.05) is 31.0 Å². The average Bonchev–Trinajstić information content (AvgIpc) is 2.80. The van der Waals surface area contributed by atoms with E-state index in [2.05, 4.69) is 17.2 Å². The van der Waals surface area contributed by atoms with E-state index in [1.54, 1.807) is 17.5 Å². The number of thiazole rings is 1. The van der Waals surface area contributed by atoms with Crippen molar-refractivity contribution in [1.82, 2.24) is 10.3 Å². The van der Waals surface area contributed by atoms with Crippen molar-refractivity contribution in [2.75, 3.05) is 13.1 Å². The van der Waals surface area contributed by atoms with Gasteiger partial charge in [-0.1, -0.05) is 6.92 Å². The molecule has 1 unspecified atom stereocenters. The van der Waals surface area contributed by atoms with Gasteiger partial charge >= 0.3 is 0 Å². The molecule has 3 N–H and O–H groups in total. The highest BCUT2D eigenvalue weighted by Gasteiger charge is 2.06. The zero-order chi connectivity index (χ0) is 12.5. The van der Waals surface area contributed by atoms with Crippen LogP contribution in [0.4, 0.5) is 0 Å². The highest BCUT2D eigenvalue weighted by atomic mass is 32.1. The highest BCUT2D eigenvalue weighted by Crippen LogP contribution is 2.08. The van der Waals surface area contributed by atoms with Gasteiger partial charge in [0.1, 0.15) is 0 Å². The molecule has 5 heteroatoms. The molecular formula is C12H21N3OS. The minimum atomic E-state index is 0.130. The molecule has 1 aromatic rings. The maximum Gasteiger partial charge on any atom is 0.220 e. The Hall–Kier alpha value is -0.940. The van der Waals surface area contributed by atoms with Gasteiger partial charge in [-0.25, -0.2) is 4.98 Å². The summed E-state index contributed by atoms with van der Waals surface area (Å²) >= 11 is 1.62. The SMILES string of the molecule is CC(CCN)CCC(=O)NCCc1nccs1. The van der Waals surface area contributed by atoms with Crippen LogP contribution in [0.25, 0.3) is 0 Å². The Morgan fingerprint density at radius 2 is 2.41 bits per heavy atom. The largest absolute Gasteiger partial charge is 0.356 e. The van der Waals surface area contributed by atoms with Gasteiger partial charge in [-0.3, -0.25) is 4.79 Å². The topological polar surface area (TPSA) is 68.0 Å². The number of carbonyl (C=O) groups is 1. The molecule has 1 heterocycles. The number of amides is 1. The van der Waals surface area contributed by atoms with E-state index in [0.717, 1.165) is 24.3 Å². The molecule has 0 aliphatic rings. The number of nitrogens with two attached hydrogens (primary N) is 1. The molecule has 4 nitrogen and oxygen atoms in total. The van der Waals surface area contributed by atoms with E-state index < -0.39 is 0 Å². The standard InChI is InChI=1S/C12H21N3OS/c1-10(4-6-13)2-3-11(16)14-7-5-12-15-8-9-17-12/h8-10H,2-7,13H2,1H3,(H,14,16). The van der Waals surface area contributed by atoms with E-state index in [4.69, 9.17) is 5.73 Å². The molecule has 0 aliphatic heterocycles. The van der Waals surface area contributed by atoms with Crippen LogP contribution in [0.5, 0.6) is 0 Å². The van der Waals surface area contributed by atoms with E-state index in [9.17, 15) is 4.79 Å². The molecule has 0 saturated carbocycles. The molecule has 1 rings (SSSR count). The molecule has 0 fully saturated rings. The van der Waals surface area contributed by atoms with Crippen LogP contribution < -0.4 is 11.1 Å². The predicted molar refractivity (Wildman–Crippen MR) is 70.9 cm³/mol. The van der Waals surface area contributed by atoms with Gasteiger partial charge < -0.3 is 11.1 Å². The molecule has 1 atom stereocenters. The third kappa shape index (κ3) is 6.38. The van der Waals surface area contributed by atoms with Crippen molar-refractivity contribution in [1.29, 1.82) is 0 Å². The number of nitrogens with one attached hydrogen (secondary N) is 1. The van der Waals surface area contributed by atoms with Crippen molar-refractivity contribution in [3.05, 3.63) is 16.6 Å². The number of aromatic nitrogens is 1. The van der Waals surface area contributed by atoms with Gasteiger partial charge in [0.15, 0.2) is 0 Å². The summed E-state index contributed by atoms with van der Waals surface area (Å²) in [5, 5.41) is 5.94. The molecule has 0 aromatic carbocycles. The van der Waals surface area contributed by atoms with Crippen LogP contribution in [0.15, 0.2) is 11.6 Å². The molecule has 0 spiro atoms. The quantitative estimate of drug-likeness (QED) is 0.741. The van der Waals surface area contributed by atoms with E-state index in [1.807, 2.05) is 5.38 Å². The van der Waals surface area contributed by atoms with Gasteiger partial charge in [0.05, 0.1) is 5.01 Å². The minimum Gasteiger partial charge on any atom is -0.356 e. The molecule has 96 valence electrons. The number of nitrogens with zero attached hydrogens (tertiary/aromatic N) is 1. The number of hydrogen-bond acceptors (Lipinski definition) is 4. The third-order valence-electron chi connectivity index (χ3n) is 2.67. The summed E-state index contributed by atoms with van der Waals surface area (Å²) in [6.45, 7) is 3.51. The molecule has 0 aliphatic carbocycles. The number of carbonyl (C=O) groups excluding carboxylic acids is 1. The van der Waals surface area contributed by atoms with Crippen LogP contribution in [0.3, 0.4) is 0 Å². The van der Waals surface area contributed by atoms with Crippen LogP contribution in [-0.2, 0) is 11.2 Å². The monoisotopic (exact) mass is 255 g/mol. The fraction of sp³-hybridized carbons (Fsp3) is 0.667. The lowest BCUT2D eigenvalue weighted by molar-refractivity contribution is -0.121. The zero-order valence-corrected chi connectivity index (χ0v) is 11.1. The normalized spacial score (nSPS) is 12.4. The fourth-order valence-electron chi connectivity index (χ4n) is 1.58. The van der Waals surface area contributed by atoms with Crippen molar-refractivity contribution in [2.45, 2.75) is 32.6 Å². The molecule has 0 saturated heterocycles. The number of hydrogen-bond donors (Lipinski definition) is 2. The van der Waals surface area contributed by atoms with E-state index >= 15 is 0 Å². The van der Waals surface area contributed by atoms with Gasteiger partial charge in [0.25, 0.3) is 0 Å². The lowest BCUT2D eigenvalue weighted by Crippen LogP contribution is -2.25. The lowest BCUT2D eigenvalue weighted by Gasteiger charge is -2.09. The summed E-state index contributed by atoms with van der Waals surface area (Å²) in [6.07, 6.45) is 5.11. The van der Waals surface area contributed by atoms with Crippen LogP contribution in [0.2, 0.25) is 0 Å². The Kier molecular flexibility index (Phi) is 6.81. The smallest absolute Gasteiger partial charge is 0.220 e. The molecule has 1 amide bonds. The van der Waals surface area contributed by atoms with Crippen LogP contribution in [-0.4, -0.2) is 24.0 Å². The lowest BCUT2D eigenvalue weighted by atomic mass is 10.0. The molecule has 1 aromatic heterocycles. The maximum absolute atomic E-state index is 11.5. The van der Waals surface area contributed by atoms with E-state index in [0.29, 0.717) is 25.4 Å². The van der Waals surface area contributed by atoms with Crippen molar-refractivity contribution in [2.24, 2.45) is 11.7 Å². The van der Waals surface area contributed by atoms with E-state index in [-0.39, 0.29) is 5.91 Å². The number of rotatable bonds is 8. The summed E-state index contributed by atoms with van der Waals surface area (Å²) in [7, 11) is 0.